The van der Waals surface area contributed by atoms with Gasteiger partial charge in [-0.2, -0.15) is 5.26 Å². The normalized spacial score (nSPS) is 9.96. The first kappa shape index (κ1) is 18.0. The number of pyridine rings is 1. The highest BCUT2D eigenvalue weighted by atomic mass is 16.1. The molecule has 0 fully saturated rings. The quantitative estimate of drug-likeness (QED) is 0.721. The fourth-order valence-corrected chi connectivity index (χ4v) is 2.46. The number of nitrogens with zero attached hydrogens (tertiary/aromatic N) is 3. The van der Waals surface area contributed by atoms with Crippen LogP contribution in [0.25, 0.3) is 0 Å². The van der Waals surface area contributed by atoms with Crippen LogP contribution in [0.3, 0.4) is 0 Å². The summed E-state index contributed by atoms with van der Waals surface area (Å²) in [5.41, 5.74) is 3.53. The molecule has 6 heteroatoms. The van der Waals surface area contributed by atoms with Gasteiger partial charge in [-0.05, 0) is 54.6 Å². The number of aromatic nitrogens is 1. The summed E-state index contributed by atoms with van der Waals surface area (Å²) in [5, 5.41) is 14.9. The van der Waals surface area contributed by atoms with Gasteiger partial charge in [0.05, 0.1) is 17.2 Å². The average molecular weight is 357 g/mol. The van der Waals surface area contributed by atoms with E-state index >= 15 is 0 Å². The first-order valence-electron chi connectivity index (χ1n) is 8.37. The molecule has 3 aromatic rings. The fraction of sp³-hybridized carbons (Fsp3) is 0.0952. The molecule has 0 spiro atoms. The molecule has 1 heterocycles. The molecule has 0 atom stereocenters. The van der Waals surface area contributed by atoms with E-state index < -0.39 is 0 Å². The lowest BCUT2D eigenvalue weighted by Crippen LogP contribution is -2.12. The lowest BCUT2D eigenvalue weighted by Gasteiger charge is -2.13. The Hall–Kier alpha value is -3.85. The van der Waals surface area contributed by atoms with E-state index in [0.717, 1.165) is 11.4 Å². The number of nitriles is 1. The van der Waals surface area contributed by atoms with E-state index in [-0.39, 0.29) is 5.91 Å². The second-order valence-corrected chi connectivity index (χ2v) is 6.15. The molecule has 0 radical (unpaired) electrons. The van der Waals surface area contributed by atoms with Crippen molar-refractivity contribution < 1.29 is 4.79 Å². The van der Waals surface area contributed by atoms with Gasteiger partial charge in [0.1, 0.15) is 5.82 Å². The van der Waals surface area contributed by atoms with Crippen LogP contribution >= 0.6 is 0 Å². The van der Waals surface area contributed by atoms with Crippen LogP contribution in [-0.2, 0) is 0 Å². The number of amides is 1. The maximum Gasteiger partial charge on any atom is 0.257 e. The number of nitrogens with one attached hydrogen (secondary N) is 2. The Bertz CT molecular complexity index is 973. The summed E-state index contributed by atoms with van der Waals surface area (Å²) < 4.78 is 0. The highest BCUT2D eigenvalue weighted by Gasteiger charge is 2.07. The van der Waals surface area contributed by atoms with Gasteiger partial charge in [-0.1, -0.05) is 6.07 Å². The first-order valence-corrected chi connectivity index (χ1v) is 8.37. The zero-order valence-corrected chi connectivity index (χ0v) is 15.1. The minimum Gasteiger partial charge on any atom is -0.378 e. The molecule has 0 bridgehead atoms. The number of hydrogen-bond donors (Lipinski definition) is 2. The summed E-state index contributed by atoms with van der Waals surface area (Å²) in [6.45, 7) is 0. The van der Waals surface area contributed by atoms with Gasteiger partial charge in [-0.3, -0.25) is 4.79 Å². The van der Waals surface area contributed by atoms with E-state index in [2.05, 4.69) is 15.6 Å². The zero-order valence-electron chi connectivity index (χ0n) is 15.1. The largest absolute Gasteiger partial charge is 0.378 e. The number of carbonyl (C=O) groups excluding carboxylic acids is 1. The van der Waals surface area contributed by atoms with Crippen LogP contribution in [-0.4, -0.2) is 25.0 Å². The van der Waals surface area contributed by atoms with E-state index in [9.17, 15) is 4.79 Å². The van der Waals surface area contributed by atoms with E-state index in [1.807, 2.05) is 49.3 Å². The number of hydrogen-bond acceptors (Lipinski definition) is 5. The van der Waals surface area contributed by atoms with Crippen molar-refractivity contribution in [1.29, 1.82) is 5.26 Å². The Kier molecular flexibility index (Phi) is 5.33. The Morgan fingerprint density at radius 3 is 2.44 bits per heavy atom. The summed E-state index contributed by atoms with van der Waals surface area (Å²) in [5.74, 6) is 0.370. The molecule has 3 rings (SSSR count). The van der Waals surface area contributed by atoms with Gasteiger partial charge in [-0.25, -0.2) is 4.98 Å². The van der Waals surface area contributed by atoms with Crippen LogP contribution in [0.1, 0.15) is 15.9 Å². The Morgan fingerprint density at radius 1 is 1.04 bits per heavy atom. The summed E-state index contributed by atoms with van der Waals surface area (Å²) >= 11 is 0. The number of carbonyl (C=O) groups is 1. The lowest BCUT2D eigenvalue weighted by atomic mass is 10.2. The Labute approximate surface area is 158 Å². The van der Waals surface area contributed by atoms with Crippen molar-refractivity contribution in [2.24, 2.45) is 0 Å². The van der Waals surface area contributed by atoms with Crippen molar-refractivity contribution >= 4 is 28.8 Å². The van der Waals surface area contributed by atoms with Crippen molar-refractivity contribution in [3.63, 3.8) is 0 Å². The molecule has 1 aromatic heterocycles. The molecule has 2 aromatic carbocycles. The van der Waals surface area contributed by atoms with Gasteiger partial charge >= 0.3 is 0 Å². The standard InChI is InChI=1S/C21H19N5O/c1-26(2)19-9-7-17(8-10-19)24-20-11-6-16(14-23-20)21(27)25-18-5-3-4-15(12-18)13-22/h3-12,14H,1-2H3,(H,23,24)(H,25,27). The highest BCUT2D eigenvalue weighted by Crippen LogP contribution is 2.19. The molecular weight excluding hydrogens is 338 g/mol. The Morgan fingerprint density at radius 2 is 1.81 bits per heavy atom. The minimum atomic E-state index is -0.278. The SMILES string of the molecule is CN(C)c1ccc(Nc2ccc(C(=O)Nc3cccc(C#N)c3)cn2)cc1. The minimum absolute atomic E-state index is 0.278. The zero-order chi connectivity index (χ0) is 19.2. The van der Waals surface area contributed by atoms with E-state index in [0.29, 0.717) is 22.6 Å². The van der Waals surface area contributed by atoms with Crippen molar-refractivity contribution in [3.8, 4) is 6.07 Å². The lowest BCUT2D eigenvalue weighted by molar-refractivity contribution is 0.102. The molecule has 0 aliphatic heterocycles. The molecule has 0 unspecified atom stereocenters. The van der Waals surface area contributed by atoms with Crippen LogP contribution in [0.5, 0.6) is 0 Å². The van der Waals surface area contributed by atoms with Crippen LogP contribution < -0.4 is 15.5 Å². The molecular formula is C21H19N5O. The van der Waals surface area contributed by atoms with Crippen molar-refractivity contribution in [3.05, 3.63) is 78.0 Å². The summed E-state index contributed by atoms with van der Waals surface area (Å²) in [4.78, 5) is 18.6. The second-order valence-electron chi connectivity index (χ2n) is 6.15. The van der Waals surface area contributed by atoms with Crippen LogP contribution in [0.2, 0.25) is 0 Å². The summed E-state index contributed by atoms with van der Waals surface area (Å²) in [7, 11) is 3.98. The maximum atomic E-state index is 12.3. The van der Waals surface area contributed by atoms with Gasteiger partial charge in [0.15, 0.2) is 0 Å². The monoisotopic (exact) mass is 357 g/mol. The smallest absolute Gasteiger partial charge is 0.257 e. The first-order chi connectivity index (χ1) is 13.0. The molecule has 0 saturated carbocycles. The second kappa shape index (κ2) is 8.02. The van der Waals surface area contributed by atoms with Gasteiger partial charge in [-0.15, -0.1) is 0 Å². The van der Waals surface area contributed by atoms with Crippen molar-refractivity contribution in [2.75, 3.05) is 29.6 Å². The van der Waals surface area contributed by atoms with Crippen LogP contribution in [0, 0.1) is 11.3 Å². The summed E-state index contributed by atoms with van der Waals surface area (Å²) in [6, 6.07) is 20.2. The predicted octanol–water partition coefficient (Wildman–Crippen LogP) is 4.02. The molecule has 27 heavy (non-hydrogen) atoms. The highest BCUT2D eigenvalue weighted by molar-refractivity contribution is 6.04. The van der Waals surface area contributed by atoms with Gasteiger partial charge in [0, 0.05) is 37.4 Å². The number of anilines is 4. The fourth-order valence-electron chi connectivity index (χ4n) is 2.46. The van der Waals surface area contributed by atoms with Crippen molar-refractivity contribution in [2.45, 2.75) is 0 Å². The van der Waals surface area contributed by atoms with Crippen molar-refractivity contribution in [1.82, 2.24) is 4.98 Å². The molecule has 0 aliphatic carbocycles. The van der Waals surface area contributed by atoms with Crippen LogP contribution in [0.15, 0.2) is 66.9 Å². The molecule has 0 aliphatic rings. The van der Waals surface area contributed by atoms with E-state index in [4.69, 9.17) is 5.26 Å². The molecule has 2 N–H and O–H groups in total. The molecule has 1 amide bonds. The van der Waals surface area contributed by atoms with Gasteiger partial charge in [0.25, 0.3) is 5.91 Å². The predicted molar refractivity (Wildman–Crippen MR) is 107 cm³/mol. The Balaban J connectivity index is 1.65. The third kappa shape index (κ3) is 4.61. The van der Waals surface area contributed by atoms with Gasteiger partial charge < -0.3 is 15.5 Å². The third-order valence-corrected chi connectivity index (χ3v) is 3.93. The average Bonchev–Trinajstić information content (AvgIpc) is 2.69. The molecule has 0 saturated heterocycles. The molecule has 6 nitrogen and oxygen atoms in total. The third-order valence-electron chi connectivity index (χ3n) is 3.93. The topological polar surface area (TPSA) is 81.0 Å². The van der Waals surface area contributed by atoms with Gasteiger partial charge in [0.2, 0.25) is 0 Å². The van der Waals surface area contributed by atoms with E-state index in [1.165, 1.54) is 6.20 Å². The molecule has 134 valence electrons. The number of rotatable bonds is 5. The van der Waals surface area contributed by atoms with E-state index in [1.54, 1.807) is 36.4 Å². The maximum absolute atomic E-state index is 12.3. The number of benzene rings is 2. The van der Waals surface area contributed by atoms with Crippen LogP contribution in [0.4, 0.5) is 22.9 Å². The summed E-state index contributed by atoms with van der Waals surface area (Å²) in [6.07, 6.45) is 1.51.